The van der Waals surface area contributed by atoms with E-state index >= 15 is 0 Å². The maximum atomic E-state index is 11.8. The first-order chi connectivity index (χ1) is 6.52. The Labute approximate surface area is 83.9 Å². The SMILES string of the molecule is Cc1nccn1C(F)(F)F.[O-][Cl+3]([O-])([O-])O. The van der Waals surface area contributed by atoms with E-state index in [4.69, 9.17) is 18.6 Å². The molecule has 0 fully saturated rings. The van der Waals surface area contributed by atoms with Gasteiger partial charge >= 0.3 is 6.30 Å². The average molecular weight is 251 g/mol. The van der Waals surface area contributed by atoms with E-state index in [0.29, 0.717) is 0 Å². The molecule has 88 valence electrons. The summed E-state index contributed by atoms with van der Waals surface area (Å²) in [5.41, 5.74) is 0. The number of alkyl halides is 3. The summed E-state index contributed by atoms with van der Waals surface area (Å²) in [6.07, 6.45) is -2.33. The Morgan fingerprint density at radius 1 is 1.40 bits per heavy atom. The monoisotopic (exact) mass is 250 g/mol. The van der Waals surface area contributed by atoms with Crippen molar-refractivity contribution in [3.05, 3.63) is 18.2 Å². The average Bonchev–Trinajstić information content (AvgIpc) is 2.28. The van der Waals surface area contributed by atoms with E-state index in [1.165, 1.54) is 6.92 Å². The third kappa shape index (κ3) is 7.11. The third-order valence-electron chi connectivity index (χ3n) is 1.10. The van der Waals surface area contributed by atoms with Crippen LogP contribution in [0.5, 0.6) is 0 Å². The second-order valence-electron chi connectivity index (χ2n) is 2.21. The van der Waals surface area contributed by atoms with Crippen molar-refractivity contribution < 1.29 is 42.1 Å². The summed E-state index contributed by atoms with van der Waals surface area (Å²) in [6, 6.07) is 0. The van der Waals surface area contributed by atoms with E-state index in [-0.39, 0.29) is 10.4 Å². The van der Waals surface area contributed by atoms with Crippen molar-refractivity contribution in [3.8, 4) is 0 Å². The van der Waals surface area contributed by atoms with E-state index in [0.717, 1.165) is 12.4 Å². The standard InChI is InChI=1S/C5H5F3N2.ClHO4/c1-4-9-2-3-10(4)5(6,7)8;2-1(3,4)5/h2-3H,1H3;(H,2,3,4,5). The zero-order valence-electron chi connectivity index (χ0n) is 7.23. The quantitative estimate of drug-likeness (QED) is 0.550. The van der Waals surface area contributed by atoms with Gasteiger partial charge in [-0.1, -0.05) is 0 Å². The predicted molar refractivity (Wildman–Crippen MR) is 30.5 cm³/mol. The molecule has 0 amide bonds. The molecule has 0 radical (unpaired) electrons. The van der Waals surface area contributed by atoms with Crippen molar-refractivity contribution in [1.82, 2.24) is 9.55 Å². The van der Waals surface area contributed by atoms with E-state index < -0.39 is 16.5 Å². The molecule has 0 aromatic carbocycles. The molecule has 0 aliphatic carbocycles. The Bertz CT molecular complexity index is 302. The molecule has 1 rings (SSSR count). The molecule has 15 heavy (non-hydrogen) atoms. The molecule has 0 unspecified atom stereocenters. The highest BCUT2D eigenvalue weighted by molar-refractivity contribution is 4.89. The zero-order valence-corrected chi connectivity index (χ0v) is 7.99. The largest absolute Gasteiger partial charge is 0.489 e. The summed E-state index contributed by atoms with van der Waals surface area (Å²) in [5.74, 6) is -0.0486. The molecule has 0 spiro atoms. The van der Waals surface area contributed by atoms with Crippen LogP contribution >= 0.6 is 0 Å². The molecule has 0 saturated heterocycles. The second-order valence-corrected chi connectivity index (χ2v) is 3.00. The van der Waals surface area contributed by atoms with Crippen LogP contribution < -0.4 is 14.0 Å². The minimum absolute atomic E-state index is 0.0486. The number of hydrogen-bond donors (Lipinski definition) is 1. The first-order valence-electron chi connectivity index (χ1n) is 3.22. The Morgan fingerprint density at radius 3 is 1.93 bits per heavy atom. The summed E-state index contributed by atoms with van der Waals surface area (Å²) < 4.78 is 68.3. The molecule has 0 saturated carbocycles. The summed E-state index contributed by atoms with van der Waals surface area (Å²) in [4.78, 5) is 3.43. The highest BCUT2D eigenvalue weighted by Gasteiger charge is 2.31. The number of nitrogens with zero attached hydrogens (tertiary/aromatic N) is 2. The Hall–Kier alpha value is -0.870. The van der Waals surface area contributed by atoms with Crippen LogP contribution in [0.1, 0.15) is 5.82 Å². The molecule has 10 heteroatoms. The minimum Gasteiger partial charge on any atom is -0.246 e. The van der Waals surface area contributed by atoms with Gasteiger partial charge in [0.25, 0.3) is 0 Å². The van der Waals surface area contributed by atoms with Crippen molar-refractivity contribution in [2.45, 2.75) is 13.2 Å². The lowest BCUT2D eigenvalue weighted by Crippen LogP contribution is -2.58. The van der Waals surface area contributed by atoms with Gasteiger partial charge in [-0.15, -0.1) is 13.2 Å². The van der Waals surface area contributed by atoms with Crippen molar-refractivity contribution >= 4 is 0 Å². The van der Waals surface area contributed by atoms with E-state index in [2.05, 4.69) is 4.98 Å². The fraction of sp³-hybridized carbons (Fsp3) is 0.400. The third-order valence-corrected chi connectivity index (χ3v) is 1.10. The minimum atomic E-state index is -4.69. The number of rotatable bonds is 0. The molecule has 0 bridgehead atoms. The van der Waals surface area contributed by atoms with Crippen LogP contribution in [0.2, 0.25) is 0 Å². The number of hydrogen-bond acceptors (Lipinski definition) is 5. The van der Waals surface area contributed by atoms with Gasteiger partial charge in [0.05, 0.1) is 14.9 Å². The summed E-state index contributed by atoms with van der Waals surface area (Å²) >= 11 is 0. The lowest BCUT2D eigenvalue weighted by molar-refractivity contribution is -1.92. The molecule has 6 nitrogen and oxygen atoms in total. The van der Waals surface area contributed by atoms with Gasteiger partial charge in [0.2, 0.25) is 0 Å². The van der Waals surface area contributed by atoms with Gasteiger partial charge in [-0.25, -0.2) is 9.55 Å². The second kappa shape index (κ2) is 4.77. The smallest absolute Gasteiger partial charge is 0.246 e. The highest BCUT2D eigenvalue weighted by Crippen LogP contribution is 2.22. The lowest BCUT2D eigenvalue weighted by atomic mass is 10.7. The summed E-state index contributed by atoms with van der Waals surface area (Å²) in [7, 11) is -4.69. The van der Waals surface area contributed by atoms with Crippen LogP contribution in [0.15, 0.2) is 12.4 Å². The Morgan fingerprint density at radius 2 is 1.80 bits per heavy atom. The van der Waals surface area contributed by atoms with Crippen LogP contribution in [0, 0.1) is 17.2 Å². The van der Waals surface area contributed by atoms with Gasteiger partial charge in [-0.2, -0.15) is 14.0 Å². The molecule has 1 heterocycles. The molecular weight excluding hydrogens is 245 g/mol. The predicted octanol–water partition coefficient (Wildman–Crippen LogP) is -2.46. The van der Waals surface area contributed by atoms with Gasteiger partial charge in [0, 0.05) is 12.4 Å². The van der Waals surface area contributed by atoms with Gasteiger partial charge in [0.1, 0.15) is 5.82 Å². The number of imidazole rings is 1. The zero-order chi connectivity index (χ0) is 12.3. The normalized spacial score (nSPS) is 12.0. The maximum absolute atomic E-state index is 11.8. The van der Waals surface area contributed by atoms with Crippen LogP contribution in [-0.2, 0) is 6.30 Å². The fourth-order valence-electron chi connectivity index (χ4n) is 0.646. The van der Waals surface area contributed by atoms with Crippen LogP contribution in [0.3, 0.4) is 0 Å². The first-order valence-corrected chi connectivity index (χ1v) is 4.48. The van der Waals surface area contributed by atoms with Crippen molar-refractivity contribution in [2.24, 2.45) is 0 Å². The summed E-state index contributed by atoms with van der Waals surface area (Å²) in [6.45, 7) is 1.30. The van der Waals surface area contributed by atoms with E-state index in [9.17, 15) is 13.2 Å². The van der Waals surface area contributed by atoms with Crippen LogP contribution in [0.25, 0.3) is 0 Å². The summed E-state index contributed by atoms with van der Waals surface area (Å²) in [5, 5.41) is 0. The van der Waals surface area contributed by atoms with E-state index in [1.54, 1.807) is 0 Å². The molecule has 1 aromatic rings. The molecule has 0 atom stereocenters. The van der Waals surface area contributed by atoms with Crippen molar-refractivity contribution in [3.63, 3.8) is 0 Å². The van der Waals surface area contributed by atoms with Crippen LogP contribution in [-0.4, -0.2) is 14.2 Å². The number of aromatic nitrogens is 2. The van der Waals surface area contributed by atoms with Gasteiger partial charge in [-0.3, -0.25) is 0 Å². The van der Waals surface area contributed by atoms with Crippen molar-refractivity contribution in [1.29, 1.82) is 0 Å². The van der Waals surface area contributed by atoms with Gasteiger partial charge in [-0.05, 0) is 6.92 Å². The van der Waals surface area contributed by atoms with Gasteiger partial charge in [0.15, 0.2) is 0 Å². The molecule has 1 N–H and O–H groups in total. The Kier molecular flexibility index (Phi) is 4.49. The van der Waals surface area contributed by atoms with Crippen LogP contribution in [0.4, 0.5) is 13.2 Å². The maximum Gasteiger partial charge on any atom is 0.489 e. The Balaban J connectivity index is 0.000000336. The van der Waals surface area contributed by atoms with Crippen molar-refractivity contribution in [2.75, 3.05) is 0 Å². The fourth-order valence-corrected chi connectivity index (χ4v) is 0.646. The van der Waals surface area contributed by atoms with E-state index in [1.807, 2.05) is 0 Å². The van der Waals surface area contributed by atoms with Gasteiger partial charge < -0.3 is 0 Å². The first kappa shape index (κ1) is 14.1. The molecule has 1 aromatic heterocycles. The molecular formula is C5H6ClF3N2O4. The highest BCUT2D eigenvalue weighted by atomic mass is 35.7. The topological polar surface area (TPSA) is 107 Å². The molecule has 0 aliphatic heterocycles. The number of halogens is 4. The molecule has 0 aliphatic rings. The number of aryl methyl sites for hydroxylation is 1. The lowest BCUT2D eigenvalue weighted by Gasteiger charge is -2.07.